The number of hydrogen-bond acceptors (Lipinski definition) is 1. The SMILES string of the molecule is CC(C)(C)O[C@H]1C[C@H]1C#CCl. The molecule has 0 saturated heterocycles. The van der Waals surface area contributed by atoms with Crippen LogP contribution in [0.1, 0.15) is 27.2 Å². The molecular weight excluding hydrogens is 160 g/mol. The molecule has 2 heteroatoms. The summed E-state index contributed by atoms with van der Waals surface area (Å²) in [6.07, 6.45) is 1.36. The van der Waals surface area contributed by atoms with Crippen molar-refractivity contribution < 1.29 is 4.74 Å². The molecule has 0 aromatic heterocycles. The van der Waals surface area contributed by atoms with Gasteiger partial charge >= 0.3 is 0 Å². The topological polar surface area (TPSA) is 9.23 Å². The third kappa shape index (κ3) is 3.14. The summed E-state index contributed by atoms with van der Waals surface area (Å²) in [4.78, 5) is 0. The quantitative estimate of drug-likeness (QED) is 0.552. The van der Waals surface area contributed by atoms with Gasteiger partial charge in [0.15, 0.2) is 0 Å². The molecule has 11 heavy (non-hydrogen) atoms. The Morgan fingerprint density at radius 1 is 1.45 bits per heavy atom. The second-order valence-corrected chi connectivity index (χ2v) is 4.04. The summed E-state index contributed by atoms with van der Waals surface area (Å²) in [7, 11) is 0. The molecule has 2 atom stereocenters. The Balaban J connectivity index is 2.27. The van der Waals surface area contributed by atoms with Crippen LogP contribution in [0, 0.1) is 17.2 Å². The second-order valence-electron chi connectivity index (χ2n) is 3.85. The van der Waals surface area contributed by atoms with E-state index in [1.54, 1.807) is 0 Å². The number of ether oxygens (including phenoxy) is 1. The van der Waals surface area contributed by atoms with Gasteiger partial charge in [-0.25, -0.2) is 0 Å². The molecule has 0 unspecified atom stereocenters. The van der Waals surface area contributed by atoms with Gasteiger partial charge in [-0.1, -0.05) is 5.92 Å². The smallest absolute Gasteiger partial charge is 0.0733 e. The Morgan fingerprint density at radius 3 is 2.55 bits per heavy atom. The summed E-state index contributed by atoms with van der Waals surface area (Å²) in [5.74, 6) is 3.26. The van der Waals surface area contributed by atoms with Crippen LogP contribution in [0.25, 0.3) is 0 Å². The van der Waals surface area contributed by atoms with Crippen molar-refractivity contribution >= 4 is 11.6 Å². The Hall–Kier alpha value is -0.190. The summed E-state index contributed by atoms with van der Waals surface area (Å²) in [6.45, 7) is 6.16. The van der Waals surface area contributed by atoms with Crippen molar-refractivity contribution in [1.82, 2.24) is 0 Å². The Bertz CT molecular complexity index is 194. The van der Waals surface area contributed by atoms with Gasteiger partial charge in [0.05, 0.1) is 17.6 Å². The number of halogens is 1. The lowest BCUT2D eigenvalue weighted by atomic mass is 10.2. The van der Waals surface area contributed by atoms with Gasteiger partial charge in [0, 0.05) is 5.38 Å². The van der Waals surface area contributed by atoms with Crippen molar-refractivity contribution in [2.24, 2.45) is 5.92 Å². The molecule has 0 radical (unpaired) electrons. The van der Waals surface area contributed by atoms with Crippen LogP contribution in [0.15, 0.2) is 0 Å². The molecule has 0 heterocycles. The highest BCUT2D eigenvalue weighted by atomic mass is 35.5. The van der Waals surface area contributed by atoms with Gasteiger partial charge in [0.2, 0.25) is 0 Å². The summed E-state index contributed by atoms with van der Waals surface area (Å²) < 4.78 is 5.65. The van der Waals surface area contributed by atoms with E-state index in [0.29, 0.717) is 12.0 Å². The molecule has 1 aliphatic rings. The monoisotopic (exact) mass is 172 g/mol. The second kappa shape index (κ2) is 3.05. The van der Waals surface area contributed by atoms with Gasteiger partial charge in [-0.2, -0.15) is 0 Å². The predicted octanol–water partition coefficient (Wildman–Crippen LogP) is 2.39. The Labute approximate surface area is 73.1 Å². The lowest BCUT2D eigenvalue weighted by Crippen LogP contribution is -2.20. The minimum absolute atomic E-state index is 0.0482. The van der Waals surface area contributed by atoms with Crippen LogP contribution < -0.4 is 0 Å². The van der Waals surface area contributed by atoms with Crippen LogP contribution in [0.4, 0.5) is 0 Å². The first-order valence-corrected chi connectivity index (χ1v) is 4.20. The largest absolute Gasteiger partial charge is 0.371 e. The van der Waals surface area contributed by atoms with Gasteiger partial charge in [-0.15, -0.1) is 0 Å². The molecule has 62 valence electrons. The van der Waals surface area contributed by atoms with Gasteiger partial charge < -0.3 is 4.74 Å². The molecule has 0 bridgehead atoms. The first-order valence-electron chi connectivity index (χ1n) is 3.82. The standard InChI is InChI=1S/C9H13ClO/c1-9(2,3)11-8-6-7(8)4-5-10/h7-8H,6H2,1-3H3/t7-,8+/m1/s1. The lowest BCUT2D eigenvalue weighted by Gasteiger charge is -2.18. The molecule has 1 nitrogen and oxygen atoms in total. The maximum Gasteiger partial charge on any atom is 0.0733 e. The van der Waals surface area contributed by atoms with Crippen LogP contribution in [0.2, 0.25) is 0 Å². The highest BCUT2D eigenvalue weighted by molar-refractivity contribution is 6.30. The van der Waals surface area contributed by atoms with E-state index in [1.807, 2.05) is 0 Å². The zero-order valence-electron chi connectivity index (χ0n) is 7.15. The number of hydrogen-bond donors (Lipinski definition) is 0. The van der Waals surface area contributed by atoms with E-state index in [4.69, 9.17) is 16.3 Å². The molecular formula is C9H13ClO. The van der Waals surface area contributed by atoms with Crippen LogP contribution in [-0.4, -0.2) is 11.7 Å². The molecule has 0 amide bonds. The average Bonchev–Trinajstić information content (AvgIpc) is 2.44. The van der Waals surface area contributed by atoms with Gasteiger partial charge in [-0.05, 0) is 38.8 Å². The van der Waals surface area contributed by atoms with E-state index in [-0.39, 0.29) is 5.60 Å². The van der Waals surface area contributed by atoms with Gasteiger partial charge in [0.1, 0.15) is 0 Å². The Kier molecular flexibility index (Phi) is 2.47. The van der Waals surface area contributed by atoms with Crippen molar-refractivity contribution in [2.45, 2.75) is 38.9 Å². The van der Waals surface area contributed by atoms with Crippen molar-refractivity contribution in [1.29, 1.82) is 0 Å². The molecule has 1 fully saturated rings. The first-order chi connectivity index (χ1) is 5.03. The maximum atomic E-state index is 5.65. The van der Waals surface area contributed by atoms with E-state index in [9.17, 15) is 0 Å². The summed E-state index contributed by atoms with van der Waals surface area (Å²) >= 11 is 5.26. The fraction of sp³-hybridized carbons (Fsp3) is 0.778. The minimum atomic E-state index is -0.0482. The zero-order valence-corrected chi connectivity index (χ0v) is 7.90. The third-order valence-electron chi connectivity index (χ3n) is 1.48. The van der Waals surface area contributed by atoms with Crippen LogP contribution in [0.5, 0.6) is 0 Å². The Morgan fingerprint density at radius 2 is 2.09 bits per heavy atom. The van der Waals surface area contributed by atoms with Gasteiger partial charge in [0.25, 0.3) is 0 Å². The van der Waals surface area contributed by atoms with Crippen LogP contribution in [-0.2, 0) is 4.74 Å². The fourth-order valence-electron chi connectivity index (χ4n) is 0.978. The average molecular weight is 173 g/mol. The van der Waals surface area contributed by atoms with E-state index in [2.05, 4.69) is 32.1 Å². The fourth-order valence-corrected chi connectivity index (χ4v) is 1.12. The highest BCUT2D eigenvalue weighted by Gasteiger charge is 2.39. The maximum absolute atomic E-state index is 5.65. The summed E-state index contributed by atoms with van der Waals surface area (Å²) in [5, 5.41) is 2.39. The van der Waals surface area contributed by atoms with E-state index < -0.39 is 0 Å². The molecule has 0 spiro atoms. The molecule has 0 aromatic rings. The third-order valence-corrected chi connectivity index (χ3v) is 1.59. The van der Waals surface area contributed by atoms with E-state index >= 15 is 0 Å². The lowest BCUT2D eigenvalue weighted by molar-refractivity contribution is -0.0187. The molecule has 1 aliphatic carbocycles. The molecule has 1 rings (SSSR count). The van der Waals surface area contributed by atoms with Crippen molar-refractivity contribution in [3.05, 3.63) is 0 Å². The predicted molar refractivity (Wildman–Crippen MR) is 46.4 cm³/mol. The van der Waals surface area contributed by atoms with Crippen LogP contribution >= 0.6 is 11.6 Å². The van der Waals surface area contributed by atoms with Crippen molar-refractivity contribution in [2.75, 3.05) is 0 Å². The molecule has 0 N–H and O–H groups in total. The molecule has 1 saturated carbocycles. The summed E-state index contributed by atoms with van der Waals surface area (Å²) in [5.41, 5.74) is -0.0482. The van der Waals surface area contributed by atoms with Gasteiger partial charge in [-0.3, -0.25) is 0 Å². The van der Waals surface area contributed by atoms with Crippen molar-refractivity contribution in [3.63, 3.8) is 0 Å². The number of rotatable bonds is 1. The van der Waals surface area contributed by atoms with E-state index in [1.165, 1.54) is 0 Å². The molecule has 0 aromatic carbocycles. The molecule has 0 aliphatic heterocycles. The highest BCUT2D eigenvalue weighted by Crippen LogP contribution is 2.36. The normalized spacial score (nSPS) is 29.1. The summed E-state index contributed by atoms with van der Waals surface area (Å²) in [6, 6.07) is 0. The van der Waals surface area contributed by atoms with Crippen LogP contribution in [0.3, 0.4) is 0 Å². The van der Waals surface area contributed by atoms with E-state index in [0.717, 1.165) is 6.42 Å². The first kappa shape index (κ1) is 8.90. The zero-order chi connectivity index (χ0) is 8.48. The minimum Gasteiger partial charge on any atom is -0.371 e. The van der Waals surface area contributed by atoms with Crippen molar-refractivity contribution in [3.8, 4) is 11.3 Å².